The molecule has 2 heterocycles. The average molecular weight is 415 g/mol. The predicted molar refractivity (Wildman–Crippen MR) is 113 cm³/mol. The molecule has 0 aliphatic heterocycles. The van der Waals surface area contributed by atoms with E-state index in [2.05, 4.69) is 16.9 Å². The third kappa shape index (κ3) is 4.00. The van der Waals surface area contributed by atoms with Crippen molar-refractivity contribution in [3.63, 3.8) is 0 Å². The van der Waals surface area contributed by atoms with Crippen LogP contribution < -0.4 is 16.6 Å². The molecule has 7 nitrogen and oxygen atoms in total. The molecular weight excluding hydrogens is 396 g/mol. The number of para-hydroxylation sites is 1. The van der Waals surface area contributed by atoms with Crippen molar-refractivity contribution in [3.8, 4) is 0 Å². The van der Waals surface area contributed by atoms with Crippen LogP contribution in [0.25, 0.3) is 10.9 Å². The minimum Gasteiger partial charge on any atom is -0.366 e. The second-order valence-electron chi connectivity index (χ2n) is 5.89. The Bertz CT molecular complexity index is 1120. The van der Waals surface area contributed by atoms with Crippen molar-refractivity contribution in [2.45, 2.75) is 23.9 Å². The first-order chi connectivity index (χ1) is 13.4. The van der Waals surface area contributed by atoms with Gasteiger partial charge in [0.2, 0.25) is 5.91 Å². The molecule has 0 saturated carbocycles. The van der Waals surface area contributed by atoms with E-state index >= 15 is 0 Å². The number of primary amides is 1. The summed E-state index contributed by atoms with van der Waals surface area (Å²) < 4.78 is 1.49. The standard InChI is InChI=1S/C19H18N4O3S2/c1-3-9-23-18(26)12-6-4-5-7-14(12)21-19(23)28-11(2)16(25)22-17-13(15(20)24)8-10-27-17/h3-8,10-11H,1,9H2,2H3,(H2,20,24)(H,22,25)/t11-/m1/s1. The van der Waals surface area contributed by atoms with E-state index in [-0.39, 0.29) is 23.6 Å². The summed E-state index contributed by atoms with van der Waals surface area (Å²) in [5, 5.41) is 5.17. The lowest BCUT2D eigenvalue weighted by atomic mass is 10.2. The molecule has 0 radical (unpaired) electrons. The molecule has 0 spiro atoms. The molecule has 144 valence electrons. The van der Waals surface area contributed by atoms with Crippen molar-refractivity contribution in [2.75, 3.05) is 5.32 Å². The number of nitrogens with zero attached hydrogens (tertiary/aromatic N) is 2. The number of nitrogens with two attached hydrogens (primary N) is 1. The van der Waals surface area contributed by atoms with Crippen LogP contribution in [0.5, 0.6) is 0 Å². The second kappa shape index (κ2) is 8.41. The molecule has 0 bridgehead atoms. The first-order valence-electron chi connectivity index (χ1n) is 8.37. The SMILES string of the molecule is C=CCn1c(S[C@H](C)C(=O)Nc2sccc2C(N)=O)nc2ccccc2c1=O. The summed E-state index contributed by atoms with van der Waals surface area (Å²) in [4.78, 5) is 41.3. The fourth-order valence-electron chi connectivity index (χ4n) is 2.55. The van der Waals surface area contributed by atoms with Crippen molar-refractivity contribution in [1.29, 1.82) is 0 Å². The molecule has 1 aromatic carbocycles. The molecule has 0 aliphatic rings. The Balaban J connectivity index is 1.88. The lowest BCUT2D eigenvalue weighted by Crippen LogP contribution is -2.27. The van der Waals surface area contributed by atoms with Crippen LogP contribution in [0.1, 0.15) is 17.3 Å². The number of hydrogen-bond donors (Lipinski definition) is 2. The predicted octanol–water partition coefficient (Wildman–Crippen LogP) is 2.86. The number of aromatic nitrogens is 2. The van der Waals surface area contributed by atoms with E-state index in [9.17, 15) is 14.4 Å². The molecule has 2 amide bonds. The normalized spacial score (nSPS) is 11.9. The largest absolute Gasteiger partial charge is 0.366 e. The number of allylic oxidation sites excluding steroid dienone is 1. The molecular formula is C19H18N4O3S2. The van der Waals surface area contributed by atoms with Crippen LogP contribution in [0.2, 0.25) is 0 Å². The molecule has 3 N–H and O–H groups in total. The van der Waals surface area contributed by atoms with Gasteiger partial charge >= 0.3 is 0 Å². The van der Waals surface area contributed by atoms with Gasteiger partial charge in [-0.05, 0) is 30.5 Å². The van der Waals surface area contributed by atoms with Gasteiger partial charge in [-0.25, -0.2) is 4.98 Å². The highest BCUT2D eigenvalue weighted by molar-refractivity contribution is 8.00. The third-order valence-electron chi connectivity index (χ3n) is 3.96. The fourth-order valence-corrected chi connectivity index (χ4v) is 4.27. The summed E-state index contributed by atoms with van der Waals surface area (Å²) >= 11 is 2.38. The van der Waals surface area contributed by atoms with Crippen LogP contribution in [-0.2, 0) is 11.3 Å². The van der Waals surface area contributed by atoms with Gasteiger partial charge in [0.1, 0.15) is 5.00 Å². The van der Waals surface area contributed by atoms with Gasteiger partial charge in [-0.15, -0.1) is 17.9 Å². The van der Waals surface area contributed by atoms with Crippen molar-refractivity contribution in [2.24, 2.45) is 5.73 Å². The van der Waals surface area contributed by atoms with Crippen LogP contribution in [0, 0.1) is 0 Å². The quantitative estimate of drug-likeness (QED) is 0.351. The van der Waals surface area contributed by atoms with Gasteiger partial charge in [0.05, 0.1) is 21.7 Å². The smallest absolute Gasteiger partial charge is 0.262 e. The Kier molecular flexibility index (Phi) is 5.96. The lowest BCUT2D eigenvalue weighted by molar-refractivity contribution is -0.115. The molecule has 0 saturated heterocycles. The highest BCUT2D eigenvalue weighted by atomic mass is 32.2. The number of thioether (sulfide) groups is 1. The van der Waals surface area contributed by atoms with Crippen molar-refractivity contribution < 1.29 is 9.59 Å². The number of carbonyl (C=O) groups excluding carboxylic acids is 2. The van der Waals surface area contributed by atoms with Gasteiger partial charge < -0.3 is 11.1 Å². The average Bonchev–Trinajstić information content (AvgIpc) is 3.13. The number of thiophene rings is 1. The molecule has 0 aliphatic carbocycles. The Morgan fingerprint density at radius 3 is 2.86 bits per heavy atom. The Labute approximate surface area is 169 Å². The number of nitrogens with one attached hydrogen (secondary N) is 1. The van der Waals surface area contributed by atoms with Gasteiger partial charge in [0.25, 0.3) is 11.5 Å². The summed E-state index contributed by atoms with van der Waals surface area (Å²) in [6, 6.07) is 8.63. The number of benzene rings is 1. The van der Waals surface area contributed by atoms with Crippen LogP contribution in [0.15, 0.2) is 58.3 Å². The monoisotopic (exact) mass is 414 g/mol. The minimum absolute atomic E-state index is 0.185. The zero-order valence-electron chi connectivity index (χ0n) is 15.0. The maximum Gasteiger partial charge on any atom is 0.262 e. The zero-order chi connectivity index (χ0) is 20.3. The minimum atomic E-state index is -0.604. The molecule has 2 aromatic heterocycles. The molecule has 3 rings (SSSR count). The van der Waals surface area contributed by atoms with Crippen LogP contribution in [0.3, 0.4) is 0 Å². The van der Waals surface area contributed by atoms with E-state index < -0.39 is 11.2 Å². The van der Waals surface area contributed by atoms with E-state index in [1.807, 2.05) is 0 Å². The summed E-state index contributed by atoms with van der Waals surface area (Å²) in [7, 11) is 0. The van der Waals surface area contributed by atoms with Gasteiger partial charge in [-0.1, -0.05) is 30.0 Å². The summed E-state index contributed by atoms with van der Waals surface area (Å²) in [6.07, 6.45) is 1.61. The molecule has 1 atom stereocenters. The van der Waals surface area contributed by atoms with E-state index in [0.717, 1.165) is 11.8 Å². The maximum atomic E-state index is 12.8. The number of hydrogen-bond acceptors (Lipinski definition) is 6. The molecule has 3 aromatic rings. The summed E-state index contributed by atoms with van der Waals surface area (Å²) in [5.41, 5.74) is 5.96. The van der Waals surface area contributed by atoms with Crippen LogP contribution in [0.4, 0.5) is 5.00 Å². The number of amides is 2. The Morgan fingerprint density at radius 1 is 1.39 bits per heavy atom. The Morgan fingerprint density at radius 2 is 2.14 bits per heavy atom. The first-order valence-corrected chi connectivity index (χ1v) is 10.1. The van der Waals surface area contributed by atoms with Crippen molar-refractivity contribution in [3.05, 3.63) is 64.3 Å². The van der Waals surface area contributed by atoms with E-state index in [0.29, 0.717) is 21.1 Å². The maximum absolute atomic E-state index is 12.8. The van der Waals surface area contributed by atoms with E-state index in [1.165, 1.54) is 15.9 Å². The first kappa shape index (κ1) is 19.8. The van der Waals surface area contributed by atoms with Crippen LogP contribution >= 0.6 is 23.1 Å². The molecule has 28 heavy (non-hydrogen) atoms. The highest BCUT2D eigenvalue weighted by Gasteiger charge is 2.21. The zero-order valence-corrected chi connectivity index (χ0v) is 16.7. The van der Waals surface area contributed by atoms with Gasteiger partial charge in [0, 0.05) is 6.54 Å². The fraction of sp³-hybridized carbons (Fsp3) is 0.158. The van der Waals surface area contributed by atoms with Gasteiger partial charge in [-0.2, -0.15) is 0 Å². The number of anilines is 1. The van der Waals surface area contributed by atoms with Crippen molar-refractivity contribution in [1.82, 2.24) is 9.55 Å². The van der Waals surface area contributed by atoms with Gasteiger partial charge in [0.15, 0.2) is 5.16 Å². The van der Waals surface area contributed by atoms with Gasteiger partial charge in [-0.3, -0.25) is 19.0 Å². The number of carbonyl (C=O) groups is 2. The number of rotatable bonds is 7. The summed E-state index contributed by atoms with van der Waals surface area (Å²) in [5.74, 6) is -0.921. The van der Waals surface area contributed by atoms with E-state index in [1.54, 1.807) is 48.7 Å². The topological polar surface area (TPSA) is 107 Å². The third-order valence-corrected chi connectivity index (χ3v) is 5.88. The second-order valence-corrected chi connectivity index (χ2v) is 8.12. The van der Waals surface area contributed by atoms with Crippen molar-refractivity contribution >= 4 is 50.8 Å². The number of fused-ring (bicyclic) bond motifs is 1. The molecule has 0 fully saturated rings. The summed E-state index contributed by atoms with van der Waals surface area (Å²) in [6.45, 7) is 5.68. The molecule has 9 heteroatoms. The lowest BCUT2D eigenvalue weighted by Gasteiger charge is -2.15. The van der Waals surface area contributed by atoms with E-state index in [4.69, 9.17) is 5.73 Å². The van der Waals surface area contributed by atoms with Crippen LogP contribution in [-0.4, -0.2) is 26.6 Å². The Hall–Kier alpha value is -2.91. The highest BCUT2D eigenvalue weighted by Crippen LogP contribution is 2.26. The molecule has 0 unspecified atom stereocenters.